The Labute approximate surface area is 239 Å². The molecule has 0 saturated carbocycles. The lowest BCUT2D eigenvalue weighted by atomic mass is 9.69. The lowest BCUT2D eigenvalue weighted by Crippen LogP contribution is -2.30. The van der Waals surface area contributed by atoms with Crippen LogP contribution in [-0.2, 0) is 4.74 Å². The maximum Gasteiger partial charge on any atom is 0.131 e. The van der Waals surface area contributed by atoms with Gasteiger partial charge in [0.1, 0.15) is 11.9 Å². The third-order valence-electron chi connectivity index (χ3n) is 10.9. The van der Waals surface area contributed by atoms with Gasteiger partial charge in [0, 0.05) is 40.6 Å². The van der Waals surface area contributed by atoms with E-state index in [4.69, 9.17) is 4.74 Å². The summed E-state index contributed by atoms with van der Waals surface area (Å²) in [5.41, 5.74) is 14.8. The topological polar surface area (TPSA) is 21.3 Å². The van der Waals surface area contributed by atoms with Crippen molar-refractivity contribution in [2.24, 2.45) is 22.7 Å². The maximum atomic E-state index is 7.37. The number of rotatable bonds is 1. The van der Waals surface area contributed by atoms with Crippen molar-refractivity contribution < 1.29 is 4.74 Å². The third kappa shape index (κ3) is 3.41. The van der Waals surface area contributed by atoms with E-state index < -0.39 is 0 Å². The summed E-state index contributed by atoms with van der Waals surface area (Å²) in [6, 6.07) is 6.80. The molecule has 0 amide bonds. The molecule has 8 rings (SSSR count). The van der Waals surface area contributed by atoms with Crippen molar-refractivity contribution in [2.75, 3.05) is 11.9 Å². The number of benzene rings is 1. The fourth-order valence-corrected chi connectivity index (χ4v) is 8.96. The zero-order valence-corrected chi connectivity index (χ0v) is 24.6. The molecule has 2 aliphatic heterocycles. The summed E-state index contributed by atoms with van der Waals surface area (Å²) >= 11 is 0. The van der Waals surface area contributed by atoms with Crippen molar-refractivity contribution in [3.8, 4) is 0 Å². The molecule has 1 aromatic rings. The Morgan fingerprint density at radius 1 is 0.925 bits per heavy atom. The summed E-state index contributed by atoms with van der Waals surface area (Å²) in [5, 5.41) is 3.69. The molecule has 40 heavy (non-hydrogen) atoms. The highest BCUT2D eigenvalue weighted by molar-refractivity contribution is 5.74. The van der Waals surface area contributed by atoms with Gasteiger partial charge in [0.25, 0.3) is 0 Å². The Hall–Kier alpha value is -3.26. The van der Waals surface area contributed by atoms with E-state index in [1.807, 2.05) is 0 Å². The molecule has 0 saturated heterocycles. The molecule has 0 aromatic heterocycles. The second-order valence-electron chi connectivity index (χ2n) is 14.2. The number of nitrogens with one attached hydrogen (secondary N) is 1. The van der Waals surface area contributed by atoms with Crippen LogP contribution in [0.4, 0.5) is 5.69 Å². The summed E-state index contributed by atoms with van der Waals surface area (Å²) in [7, 11) is 0. The number of anilines is 1. The zero-order valence-electron chi connectivity index (χ0n) is 24.6. The third-order valence-corrected chi connectivity index (χ3v) is 10.9. The summed E-state index contributed by atoms with van der Waals surface area (Å²) in [5.74, 6) is 2.33. The Morgan fingerprint density at radius 3 is 2.67 bits per heavy atom. The monoisotopic (exact) mass is 527 g/mol. The van der Waals surface area contributed by atoms with Crippen molar-refractivity contribution in [3.05, 3.63) is 117 Å². The molecule has 2 heterocycles. The van der Waals surface area contributed by atoms with Crippen molar-refractivity contribution >= 4 is 11.8 Å². The molecule has 7 aliphatic rings. The van der Waals surface area contributed by atoms with Crippen LogP contribution in [-0.4, -0.2) is 12.6 Å². The standard InChI is InChI=1S/C38H41NO/c1-22-20-31-26-12-11-24(25-10-6-8-23-9-7-19-39-34(23)25)21-30(26)27-13-14-32-28(15-17-37(32,2)3)35(27)40-36(31)29-16-18-38(4,5)33(22)29/h6-14,16,18,22,24,27,35,39H,15,17,19-21H2,1-5H3. The highest BCUT2D eigenvalue weighted by Crippen LogP contribution is 2.57. The summed E-state index contributed by atoms with van der Waals surface area (Å²) < 4.78 is 7.37. The van der Waals surface area contributed by atoms with Gasteiger partial charge < -0.3 is 10.1 Å². The van der Waals surface area contributed by atoms with E-state index in [1.54, 1.807) is 16.7 Å². The van der Waals surface area contributed by atoms with Crippen molar-refractivity contribution in [2.45, 2.75) is 72.3 Å². The van der Waals surface area contributed by atoms with Gasteiger partial charge in [-0.15, -0.1) is 0 Å². The van der Waals surface area contributed by atoms with Gasteiger partial charge in [-0.05, 0) is 70.4 Å². The second kappa shape index (κ2) is 8.38. The minimum atomic E-state index is 0.0904. The van der Waals surface area contributed by atoms with E-state index in [0.29, 0.717) is 11.8 Å². The van der Waals surface area contributed by atoms with Crippen molar-refractivity contribution in [1.29, 1.82) is 0 Å². The van der Waals surface area contributed by atoms with Gasteiger partial charge in [-0.25, -0.2) is 0 Å². The van der Waals surface area contributed by atoms with Gasteiger partial charge in [-0.2, -0.15) is 0 Å². The highest BCUT2D eigenvalue weighted by Gasteiger charge is 2.47. The maximum absolute atomic E-state index is 7.37. The van der Waals surface area contributed by atoms with E-state index in [1.165, 1.54) is 51.3 Å². The average molecular weight is 528 g/mol. The Morgan fingerprint density at radius 2 is 1.80 bits per heavy atom. The van der Waals surface area contributed by atoms with Crippen LogP contribution in [0.15, 0.2) is 106 Å². The first-order valence-electron chi connectivity index (χ1n) is 15.4. The molecular formula is C38H41NO. The van der Waals surface area contributed by atoms with E-state index in [-0.39, 0.29) is 22.9 Å². The molecule has 5 aliphatic carbocycles. The molecule has 2 nitrogen and oxygen atoms in total. The van der Waals surface area contributed by atoms with Crippen LogP contribution in [0.25, 0.3) is 6.08 Å². The molecule has 2 heteroatoms. The molecule has 4 unspecified atom stereocenters. The number of hydrogen-bond donors (Lipinski definition) is 1. The fourth-order valence-electron chi connectivity index (χ4n) is 8.96. The van der Waals surface area contributed by atoms with Crippen LogP contribution in [0, 0.1) is 22.7 Å². The van der Waals surface area contributed by atoms with Crippen molar-refractivity contribution in [1.82, 2.24) is 0 Å². The van der Waals surface area contributed by atoms with Gasteiger partial charge in [0.15, 0.2) is 0 Å². The number of allylic oxidation sites excluding steroid dienone is 9. The van der Waals surface area contributed by atoms with Crippen molar-refractivity contribution in [3.63, 3.8) is 0 Å². The lowest BCUT2D eigenvalue weighted by Gasteiger charge is -2.36. The van der Waals surface area contributed by atoms with Crippen LogP contribution >= 0.6 is 0 Å². The Bertz CT molecular complexity index is 1590. The molecular weight excluding hydrogens is 486 g/mol. The summed E-state index contributed by atoms with van der Waals surface area (Å²) in [4.78, 5) is 0. The highest BCUT2D eigenvalue weighted by atomic mass is 16.5. The minimum Gasteiger partial charge on any atom is -0.484 e. The number of para-hydroxylation sites is 1. The van der Waals surface area contributed by atoms with Crippen LogP contribution in [0.5, 0.6) is 0 Å². The van der Waals surface area contributed by atoms with Crippen LogP contribution in [0.3, 0.4) is 0 Å². The molecule has 4 atom stereocenters. The summed E-state index contributed by atoms with van der Waals surface area (Å²) in [6.45, 7) is 12.9. The molecule has 0 bridgehead atoms. The van der Waals surface area contributed by atoms with Gasteiger partial charge in [-0.3, -0.25) is 0 Å². The molecule has 1 aromatic carbocycles. The summed E-state index contributed by atoms with van der Waals surface area (Å²) in [6.07, 6.45) is 23.8. The van der Waals surface area contributed by atoms with Gasteiger partial charge in [-0.1, -0.05) is 107 Å². The van der Waals surface area contributed by atoms with Crippen LogP contribution < -0.4 is 5.32 Å². The van der Waals surface area contributed by atoms with Gasteiger partial charge in [0.05, 0.1) is 0 Å². The smallest absolute Gasteiger partial charge is 0.131 e. The van der Waals surface area contributed by atoms with Crippen LogP contribution in [0.2, 0.25) is 0 Å². The molecule has 0 fully saturated rings. The molecule has 204 valence electrons. The molecule has 0 radical (unpaired) electrons. The average Bonchev–Trinajstić information content (AvgIpc) is 3.39. The van der Waals surface area contributed by atoms with E-state index in [2.05, 4.69) is 107 Å². The first kappa shape index (κ1) is 24.5. The predicted octanol–water partition coefficient (Wildman–Crippen LogP) is 9.35. The lowest BCUT2D eigenvalue weighted by molar-refractivity contribution is 0.121. The number of ether oxygens (including phenoxy) is 1. The molecule has 1 N–H and O–H groups in total. The number of fused-ring (bicyclic) bond motifs is 6. The number of hydrogen-bond acceptors (Lipinski definition) is 2. The first-order chi connectivity index (χ1) is 19.2. The Balaban J connectivity index is 1.29. The SMILES string of the molecule is CC1CC2=C(OC3C4=C(C=CC3C3=C2C=CC(c2cccc5c2NCC=C5)C3)C(C)(C)CC4)C2=C1C(C)(C)C=C2. The zero-order chi connectivity index (χ0) is 27.4. The normalized spacial score (nSPS) is 32.1. The fraction of sp³-hybridized carbons (Fsp3) is 0.421. The van der Waals surface area contributed by atoms with Crippen LogP contribution in [0.1, 0.15) is 77.3 Å². The Kier molecular flexibility index (Phi) is 5.14. The first-order valence-corrected chi connectivity index (χ1v) is 15.4. The van der Waals surface area contributed by atoms with Gasteiger partial charge >= 0.3 is 0 Å². The van der Waals surface area contributed by atoms with E-state index in [9.17, 15) is 0 Å². The quantitative estimate of drug-likeness (QED) is 0.393. The predicted molar refractivity (Wildman–Crippen MR) is 166 cm³/mol. The van der Waals surface area contributed by atoms with E-state index in [0.717, 1.165) is 25.8 Å². The largest absolute Gasteiger partial charge is 0.484 e. The van der Waals surface area contributed by atoms with E-state index >= 15 is 0 Å². The second-order valence-corrected chi connectivity index (χ2v) is 14.2. The van der Waals surface area contributed by atoms with Gasteiger partial charge in [0.2, 0.25) is 0 Å². The molecule has 0 spiro atoms. The minimum absolute atomic E-state index is 0.0904.